The van der Waals surface area contributed by atoms with Crippen LogP contribution < -0.4 is 5.32 Å². The number of nitrogens with zero attached hydrogens (tertiary/aromatic N) is 1. The third-order valence-electron chi connectivity index (χ3n) is 3.99. The highest BCUT2D eigenvalue weighted by Crippen LogP contribution is 2.49. The zero-order chi connectivity index (χ0) is 10.1. The Morgan fingerprint density at radius 3 is 2.14 bits per heavy atom. The Hall–Kier alpha value is -0.590. The van der Waals surface area contributed by atoms with Gasteiger partial charge in [-0.3, -0.25) is 0 Å². The van der Waals surface area contributed by atoms with Gasteiger partial charge in [0.15, 0.2) is 0 Å². The van der Waals surface area contributed by atoms with E-state index in [-0.39, 0.29) is 0 Å². The van der Waals surface area contributed by atoms with Gasteiger partial charge in [0.1, 0.15) is 0 Å². The quantitative estimate of drug-likeness (QED) is 0.659. The van der Waals surface area contributed by atoms with Crippen molar-refractivity contribution in [2.75, 3.05) is 13.1 Å². The molecule has 0 aromatic rings. The van der Waals surface area contributed by atoms with Crippen LogP contribution in [0.1, 0.15) is 38.5 Å². The summed E-state index contributed by atoms with van der Waals surface area (Å²) in [5.41, 5.74) is -1.15. The summed E-state index contributed by atoms with van der Waals surface area (Å²) in [5, 5.41) is 23.1. The summed E-state index contributed by atoms with van der Waals surface area (Å²) < 4.78 is 0. The van der Waals surface area contributed by atoms with E-state index in [1.807, 2.05) is 0 Å². The average molecular weight is 194 g/mol. The molecule has 2 fully saturated rings. The maximum atomic E-state index is 10.6. The highest BCUT2D eigenvalue weighted by molar-refractivity contribution is 5.14. The van der Waals surface area contributed by atoms with Crippen LogP contribution in [-0.2, 0) is 0 Å². The molecule has 1 saturated carbocycles. The van der Waals surface area contributed by atoms with Gasteiger partial charge in [-0.2, -0.15) is 5.26 Å². The summed E-state index contributed by atoms with van der Waals surface area (Å²) in [6.07, 6.45) is 5.45. The van der Waals surface area contributed by atoms with E-state index in [1.54, 1.807) is 0 Å². The maximum Gasteiger partial charge on any atom is 0.0861 e. The molecule has 78 valence electrons. The van der Waals surface area contributed by atoms with Crippen LogP contribution in [0.2, 0.25) is 0 Å². The van der Waals surface area contributed by atoms with Gasteiger partial charge in [0.25, 0.3) is 0 Å². The van der Waals surface area contributed by atoms with Crippen LogP contribution in [0.5, 0.6) is 0 Å². The molecule has 1 aliphatic heterocycles. The lowest BCUT2D eigenvalue weighted by Gasteiger charge is -2.43. The number of piperidine rings is 1. The van der Waals surface area contributed by atoms with E-state index in [0.717, 1.165) is 51.6 Å². The predicted molar refractivity (Wildman–Crippen MR) is 53.6 cm³/mol. The Morgan fingerprint density at radius 1 is 1.07 bits per heavy atom. The number of nitrogens with one attached hydrogen (secondary N) is 1. The molecule has 0 unspecified atom stereocenters. The summed E-state index contributed by atoms with van der Waals surface area (Å²) in [6, 6.07) is 2.41. The van der Waals surface area contributed by atoms with Crippen LogP contribution in [0.4, 0.5) is 0 Å². The molecule has 0 bridgehead atoms. The second-order valence-corrected chi connectivity index (χ2v) is 4.68. The first-order valence-corrected chi connectivity index (χ1v) is 5.57. The average Bonchev–Trinajstić information content (AvgIpc) is 2.68. The SMILES string of the molecule is N#CC1(C2(O)CCNCC2)CCCC1. The monoisotopic (exact) mass is 194 g/mol. The molecule has 1 aliphatic carbocycles. The summed E-state index contributed by atoms with van der Waals surface area (Å²) in [5.74, 6) is 0. The van der Waals surface area contributed by atoms with Gasteiger partial charge in [-0.1, -0.05) is 12.8 Å². The molecule has 0 amide bonds. The first kappa shape index (κ1) is 9.95. The van der Waals surface area contributed by atoms with Crippen molar-refractivity contribution in [3.8, 4) is 6.07 Å². The minimum Gasteiger partial charge on any atom is -0.388 e. The van der Waals surface area contributed by atoms with Crippen molar-refractivity contribution in [1.29, 1.82) is 5.26 Å². The molecule has 2 aliphatic rings. The highest BCUT2D eigenvalue weighted by Gasteiger charge is 2.52. The van der Waals surface area contributed by atoms with Crippen molar-refractivity contribution >= 4 is 0 Å². The van der Waals surface area contributed by atoms with Gasteiger partial charge in [0.2, 0.25) is 0 Å². The number of aliphatic hydroxyl groups is 1. The molecule has 0 spiro atoms. The summed E-state index contributed by atoms with van der Waals surface area (Å²) >= 11 is 0. The minimum atomic E-state index is -0.719. The lowest BCUT2D eigenvalue weighted by molar-refractivity contribution is -0.0750. The lowest BCUT2D eigenvalue weighted by atomic mass is 9.67. The van der Waals surface area contributed by atoms with Crippen molar-refractivity contribution in [2.24, 2.45) is 5.41 Å². The van der Waals surface area contributed by atoms with Crippen molar-refractivity contribution in [1.82, 2.24) is 5.32 Å². The number of hydrogen-bond donors (Lipinski definition) is 2. The Labute approximate surface area is 85.1 Å². The first-order valence-electron chi connectivity index (χ1n) is 5.57. The zero-order valence-corrected chi connectivity index (χ0v) is 8.55. The van der Waals surface area contributed by atoms with Crippen molar-refractivity contribution in [3.05, 3.63) is 0 Å². The molecule has 0 radical (unpaired) electrons. The van der Waals surface area contributed by atoms with Crippen LogP contribution >= 0.6 is 0 Å². The van der Waals surface area contributed by atoms with E-state index in [2.05, 4.69) is 11.4 Å². The molecular formula is C11H18N2O. The van der Waals surface area contributed by atoms with E-state index in [1.165, 1.54) is 0 Å². The molecular weight excluding hydrogens is 176 g/mol. The standard InChI is InChI=1S/C11H18N2O/c12-9-10(3-1-2-4-10)11(14)5-7-13-8-6-11/h13-14H,1-8H2. The van der Waals surface area contributed by atoms with Crippen LogP contribution in [0.25, 0.3) is 0 Å². The predicted octanol–water partition coefficient (Wildman–Crippen LogP) is 1.18. The zero-order valence-electron chi connectivity index (χ0n) is 8.55. The molecule has 1 heterocycles. The second kappa shape index (κ2) is 3.52. The number of hydrogen-bond acceptors (Lipinski definition) is 3. The third kappa shape index (κ3) is 1.34. The van der Waals surface area contributed by atoms with Gasteiger partial charge in [-0.05, 0) is 38.8 Å². The molecule has 0 aromatic heterocycles. The van der Waals surface area contributed by atoms with Crippen LogP contribution in [0, 0.1) is 16.7 Å². The van der Waals surface area contributed by atoms with Gasteiger partial charge in [0.05, 0.1) is 17.1 Å². The lowest BCUT2D eigenvalue weighted by Crippen LogP contribution is -2.52. The van der Waals surface area contributed by atoms with E-state index >= 15 is 0 Å². The summed E-state index contributed by atoms with van der Waals surface area (Å²) in [4.78, 5) is 0. The summed E-state index contributed by atoms with van der Waals surface area (Å²) in [6.45, 7) is 1.69. The van der Waals surface area contributed by atoms with E-state index in [4.69, 9.17) is 0 Å². The Morgan fingerprint density at radius 2 is 1.64 bits per heavy atom. The van der Waals surface area contributed by atoms with Crippen LogP contribution in [-0.4, -0.2) is 23.8 Å². The largest absolute Gasteiger partial charge is 0.388 e. The van der Waals surface area contributed by atoms with Gasteiger partial charge in [0, 0.05) is 0 Å². The van der Waals surface area contributed by atoms with Gasteiger partial charge < -0.3 is 10.4 Å². The molecule has 0 atom stereocenters. The van der Waals surface area contributed by atoms with E-state index < -0.39 is 11.0 Å². The van der Waals surface area contributed by atoms with Gasteiger partial charge >= 0.3 is 0 Å². The Kier molecular flexibility index (Phi) is 2.50. The third-order valence-corrected chi connectivity index (χ3v) is 3.99. The Bertz CT molecular complexity index is 245. The van der Waals surface area contributed by atoms with E-state index in [0.29, 0.717) is 0 Å². The van der Waals surface area contributed by atoms with Crippen LogP contribution in [0.3, 0.4) is 0 Å². The minimum absolute atomic E-state index is 0.435. The summed E-state index contributed by atoms with van der Waals surface area (Å²) in [7, 11) is 0. The second-order valence-electron chi connectivity index (χ2n) is 4.68. The molecule has 14 heavy (non-hydrogen) atoms. The molecule has 3 nitrogen and oxygen atoms in total. The normalized spacial score (nSPS) is 29.7. The molecule has 3 heteroatoms. The smallest absolute Gasteiger partial charge is 0.0861 e. The number of nitriles is 1. The highest BCUT2D eigenvalue weighted by atomic mass is 16.3. The fourth-order valence-electron chi connectivity index (χ4n) is 2.98. The van der Waals surface area contributed by atoms with Gasteiger partial charge in [-0.25, -0.2) is 0 Å². The van der Waals surface area contributed by atoms with Crippen LogP contribution in [0.15, 0.2) is 0 Å². The molecule has 2 N–H and O–H groups in total. The number of rotatable bonds is 1. The Balaban J connectivity index is 2.21. The van der Waals surface area contributed by atoms with Crippen molar-refractivity contribution in [3.63, 3.8) is 0 Å². The fraction of sp³-hybridized carbons (Fsp3) is 0.909. The van der Waals surface area contributed by atoms with Gasteiger partial charge in [-0.15, -0.1) is 0 Å². The topological polar surface area (TPSA) is 56.0 Å². The van der Waals surface area contributed by atoms with Crippen molar-refractivity contribution < 1.29 is 5.11 Å². The first-order chi connectivity index (χ1) is 6.72. The van der Waals surface area contributed by atoms with E-state index in [9.17, 15) is 10.4 Å². The molecule has 2 rings (SSSR count). The maximum absolute atomic E-state index is 10.6. The molecule has 0 aromatic carbocycles. The van der Waals surface area contributed by atoms with Crippen molar-refractivity contribution in [2.45, 2.75) is 44.1 Å². The fourth-order valence-corrected chi connectivity index (χ4v) is 2.98. The molecule has 1 saturated heterocycles.